The summed E-state index contributed by atoms with van der Waals surface area (Å²) in [7, 11) is 1.74. The van der Waals surface area contributed by atoms with Gasteiger partial charge in [-0.25, -0.2) is 0 Å². The Balaban J connectivity index is 1.67. The van der Waals surface area contributed by atoms with Gasteiger partial charge in [-0.05, 0) is 36.4 Å². The van der Waals surface area contributed by atoms with Gasteiger partial charge in [0.05, 0.1) is 18.8 Å². The standard InChI is InChI=1S/C16H19BrN4O/c1-18-16(21-12-14-4-2-3-9-19-14)20-10-11-22-15-7-5-13(17)6-8-15/h2-9H,10-12H2,1H3,(H2,18,20,21). The van der Waals surface area contributed by atoms with Crippen molar-refractivity contribution in [1.82, 2.24) is 15.6 Å². The lowest BCUT2D eigenvalue weighted by Crippen LogP contribution is -2.39. The number of aromatic nitrogens is 1. The number of aliphatic imine (C=N–C) groups is 1. The third-order valence-corrected chi connectivity index (χ3v) is 3.39. The van der Waals surface area contributed by atoms with Crippen LogP contribution in [0.15, 0.2) is 58.1 Å². The average Bonchev–Trinajstić information content (AvgIpc) is 2.57. The van der Waals surface area contributed by atoms with E-state index in [0.29, 0.717) is 19.7 Å². The van der Waals surface area contributed by atoms with E-state index in [1.54, 1.807) is 13.2 Å². The fourth-order valence-electron chi connectivity index (χ4n) is 1.77. The Morgan fingerprint density at radius 2 is 2.00 bits per heavy atom. The summed E-state index contributed by atoms with van der Waals surface area (Å²) in [5.74, 6) is 1.58. The molecule has 22 heavy (non-hydrogen) atoms. The summed E-state index contributed by atoms with van der Waals surface area (Å²) < 4.78 is 6.68. The summed E-state index contributed by atoms with van der Waals surface area (Å²) in [6.07, 6.45) is 1.78. The van der Waals surface area contributed by atoms with Gasteiger partial charge in [0, 0.05) is 17.7 Å². The zero-order valence-corrected chi connectivity index (χ0v) is 14.0. The Morgan fingerprint density at radius 3 is 2.68 bits per heavy atom. The molecule has 116 valence electrons. The van der Waals surface area contributed by atoms with E-state index >= 15 is 0 Å². The largest absolute Gasteiger partial charge is 0.492 e. The van der Waals surface area contributed by atoms with Gasteiger partial charge in [-0.2, -0.15) is 0 Å². The maximum atomic E-state index is 5.64. The topological polar surface area (TPSA) is 58.5 Å². The highest BCUT2D eigenvalue weighted by Gasteiger charge is 1.99. The molecule has 0 atom stereocenters. The quantitative estimate of drug-likeness (QED) is 0.471. The van der Waals surface area contributed by atoms with Crippen LogP contribution in [0.25, 0.3) is 0 Å². The number of hydrogen-bond donors (Lipinski definition) is 2. The van der Waals surface area contributed by atoms with E-state index in [2.05, 4.69) is 36.5 Å². The molecule has 0 aliphatic carbocycles. The number of halogens is 1. The second kappa shape index (κ2) is 9.04. The Labute approximate surface area is 139 Å². The summed E-state index contributed by atoms with van der Waals surface area (Å²) >= 11 is 3.40. The maximum absolute atomic E-state index is 5.64. The molecule has 0 radical (unpaired) electrons. The van der Waals surface area contributed by atoms with E-state index < -0.39 is 0 Å². The first-order valence-electron chi connectivity index (χ1n) is 7.01. The number of hydrogen-bond acceptors (Lipinski definition) is 3. The van der Waals surface area contributed by atoms with Crippen molar-refractivity contribution in [3.63, 3.8) is 0 Å². The fourth-order valence-corrected chi connectivity index (χ4v) is 2.03. The number of ether oxygens (including phenoxy) is 1. The van der Waals surface area contributed by atoms with Crippen LogP contribution in [0.4, 0.5) is 0 Å². The maximum Gasteiger partial charge on any atom is 0.191 e. The minimum absolute atomic E-state index is 0.561. The van der Waals surface area contributed by atoms with Crippen molar-refractivity contribution in [2.24, 2.45) is 4.99 Å². The smallest absolute Gasteiger partial charge is 0.191 e. The van der Waals surface area contributed by atoms with Crippen LogP contribution in [0.5, 0.6) is 5.75 Å². The van der Waals surface area contributed by atoms with Crippen LogP contribution in [-0.2, 0) is 6.54 Å². The molecule has 0 saturated heterocycles. The number of benzene rings is 1. The van der Waals surface area contributed by atoms with E-state index in [4.69, 9.17) is 4.74 Å². The van der Waals surface area contributed by atoms with Crippen LogP contribution in [0, 0.1) is 0 Å². The highest BCUT2D eigenvalue weighted by atomic mass is 79.9. The summed E-state index contributed by atoms with van der Waals surface area (Å²) in [6, 6.07) is 13.6. The molecule has 0 saturated carbocycles. The van der Waals surface area contributed by atoms with Gasteiger partial charge in [0.1, 0.15) is 12.4 Å². The Kier molecular flexibility index (Phi) is 6.70. The zero-order valence-electron chi connectivity index (χ0n) is 12.4. The molecule has 5 nitrogen and oxygen atoms in total. The van der Waals surface area contributed by atoms with Crippen molar-refractivity contribution in [2.75, 3.05) is 20.2 Å². The predicted octanol–water partition coefficient (Wildman–Crippen LogP) is 2.59. The molecule has 0 aliphatic heterocycles. The SMILES string of the molecule is CN=C(NCCOc1ccc(Br)cc1)NCc1ccccn1. The van der Waals surface area contributed by atoms with E-state index in [9.17, 15) is 0 Å². The molecule has 0 fully saturated rings. The third kappa shape index (κ3) is 5.73. The number of pyridine rings is 1. The molecule has 1 heterocycles. The second-order valence-electron chi connectivity index (χ2n) is 4.48. The first-order chi connectivity index (χ1) is 10.8. The van der Waals surface area contributed by atoms with Gasteiger partial charge in [0.15, 0.2) is 5.96 Å². The molecular formula is C16H19BrN4O. The minimum Gasteiger partial charge on any atom is -0.492 e. The van der Waals surface area contributed by atoms with Gasteiger partial charge in [-0.15, -0.1) is 0 Å². The molecule has 2 rings (SSSR count). The lowest BCUT2D eigenvalue weighted by Gasteiger charge is -2.12. The van der Waals surface area contributed by atoms with Gasteiger partial charge in [0.25, 0.3) is 0 Å². The fraction of sp³-hybridized carbons (Fsp3) is 0.250. The molecule has 1 aromatic heterocycles. The molecule has 6 heteroatoms. The molecule has 0 aliphatic rings. The predicted molar refractivity (Wildman–Crippen MR) is 92.1 cm³/mol. The molecule has 2 aromatic rings. The molecule has 0 spiro atoms. The van der Waals surface area contributed by atoms with Crippen molar-refractivity contribution in [2.45, 2.75) is 6.54 Å². The average molecular weight is 363 g/mol. The minimum atomic E-state index is 0.561. The van der Waals surface area contributed by atoms with E-state index in [0.717, 1.165) is 21.9 Å². The van der Waals surface area contributed by atoms with E-state index in [1.165, 1.54) is 0 Å². The van der Waals surface area contributed by atoms with Gasteiger partial charge < -0.3 is 15.4 Å². The van der Waals surface area contributed by atoms with Crippen molar-refractivity contribution < 1.29 is 4.74 Å². The summed E-state index contributed by atoms with van der Waals surface area (Å²) in [5.41, 5.74) is 0.969. The number of nitrogens with one attached hydrogen (secondary N) is 2. The number of rotatable bonds is 6. The summed E-state index contributed by atoms with van der Waals surface area (Å²) in [6.45, 7) is 1.86. The van der Waals surface area contributed by atoms with E-state index in [1.807, 2.05) is 42.5 Å². The molecule has 0 amide bonds. The Bertz CT molecular complexity index is 587. The van der Waals surface area contributed by atoms with E-state index in [-0.39, 0.29) is 0 Å². The molecule has 1 aromatic carbocycles. The molecule has 0 unspecified atom stereocenters. The number of nitrogens with zero attached hydrogens (tertiary/aromatic N) is 2. The number of guanidine groups is 1. The van der Waals surface area contributed by atoms with Crippen LogP contribution >= 0.6 is 15.9 Å². The molecular weight excluding hydrogens is 344 g/mol. The lowest BCUT2D eigenvalue weighted by molar-refractivity contribution is 0.322. The van der Waals surface area contributed by atoms with Gasteiger partial charge in [-0.1, -0.05) is 22.0 Å². The summed E-state index contributed by atoms with van der Waals surface area (Å²) in [4.78, 5) is 8.42. The van der Waals surface area contributed by atoms with Gasteiger partial charge >= 0.3 is 0 Å². The monoisotopic (exact) mass is 362 g/mol. The van der Waals surface area contributed by atoms with Crippen LogP contribution in [0.2, 0.25) is 0 Å². The normalized spacial score (nSPS) is 11.1. The van der Waals surface area contributed by atoms with Crippen LogP contribution < -0.4 is 15.4 Å². The van der Waals surface area contributed by atoms with Crippen molar-refractivity contribution in [3.05, 3.63) is 58.8 Å². The first kappa shape index (κ1) is 16.3. The molecule has 0 bridgehead atoms. The first-order valence-corrected chi connectivity index (χ1v) is 7.80. The second-order valence-corrected chi connectivity index (χ2v) is 5.39. The van der Waals surface area contributed by atoms with Crippen LogP contribution in [0.1, 0.15) is 5.69 Å². The van der Waals surface area contributed by atoms with Gasteiger partial charge in [0.2, 0.25) is 0 Å². The highest BCUT2D eigenvalue weighted by molar-refractivity contribution is 9.10. The Hall–Kier alpha value is -2.08. The third-order valence-electron chi connectivity index (χ3n) is 2.86. The molecule has 2 N–H and O–H groups in total. The van der Waals surface area contributed by atoms with Crippen molar-refractivity contribution in [3.8, 4) is 5.75 Å². The zero-order chi connectivity index (χ0) is 15.6. The van der Waals surface area contributed by atoms with Crippen molar-refractivity contribution in [1.29, 1.82) is 0 Å². The van der Waals surface area contributed by atoms with Crippen LogP contribution in [-0.4, -0.2) is 31.1 Å². The Morgan fingerprint density at radius 1 is 1.18 bits per heavy atom. The highest BCUT2D eigenvalue weighted by Crippen LogP contribution is 2.15. The summed E-state index contributed by atoms with van der Waals surface area (Å²) in [5, 5.41) is 6.40. The lowest BCUT2D eigenvalue weighted by atomic mass is 10.3. The van der Waals surface area contributed by atoms with Crippen molar-refractivity contribution >= 4 is 21.9 Å². The van der Waals surface area contributed by atoms with Crippen LogP contribution in [0.3, 0.4) is 0 Å². The van der Waals surface area contributed by atoms with Gasteiger partial charge in [-0.3, -0.25) is 9.98 Å².